The van der Waals surface area contributed by atoms with Gasteiger partial charge in [-0.3, -0.25) is 0 Å². The molecule has 17 aromatic rings. The van der Waals surface area contributed by atoms with Crippen molar-refractivity contribution in [1.29, 1.82) is 21.0 Å². The van der Waals surface area contributed by atoms with E-state index in [0.29, 0.717) is 45.0 Å². The summed E-state index contributed by atoms with van der Waals surface area (Å²) in [4.78, 5) is 0. The zero-order chi connectivity index (χ0) is 59.3. The predicted octanol–water partition coefficient (Wildman–Crippen LogP) is 20.0. The number of aromatic nitrogens is 4. The minimum Gasteiger partial charge on any atom is -0.308 e. The topological polar surface area (TPSA) is 115 Å². The molecule has 0 saturated carbocycles. The summed E-state index contributed by atoms with van der Waals surface area (Å²) in [5, 5.41) is 60.0. The number of para-hydroxylation sites is 3. The van der Waals surface area contributed by atoms with E-state index in [1.807, 2.05) is 42.5 Å². The van der Waals surface area contributed by atoms with E-state index in [9.17, 15) is 21.0 Å². The molecule has 4 aromatic heterocycles. The summed E-state index contributed by atoms with van der Waals surface area (Å²) in [5.74, 6) is 0. The number of rotatable bonds is 5. The van der Waals surface area contributed by atoms with E-state index < -0.39 is 0 Å². The van der Waals surface area contributed by atoms with Crippen LogP contribution in [0, 0.1) is 45.3 Å². The molecule has 0 radical (unpaired) electrons. The van der Waals surface area contributed by atoms with Crippen molar-refractivity contribution in [2.24, 2.45) is 0 Å². The van der Waals surface area contributed by atoms with Gasteiger partial charge >= 0.3 is 0 Å². The molecule has 0 aliphatic carbocycles. The highest BCUT2D eigenvalue weighted by molar-refractivity contribution is 6.30. The number of nitrogens with zero attached hydrogens (tertiary/aromatic N) is 8. The molecule has 0 aliphatic heterocycles. The van der Waals surface area contributed by atoms with Crippen LogP contribution in [0.25, 0.3) is 153 Å². The first-order valence-corrected chi connectivity index (χ1v) is 29.5. The monoisotopic (exact) mass is 1120 g/mol. The first kappa shape index (κ1) is 50.3. The molecule has 17 rings (SSSR count). The van der Waals surface area contributed by atoms with Crippen LogP contribution in [0.1, 0.15) is 48.6 Å². The maximum absolute atomic E-state index is 11.4. The standard InChI is InChI=1S/C80H48N8/c1-80(2,3)55-34-38-67-63(42-55)75-56-17-6-4-15-47(56)31-35-69(75)86(67)73-41-53(45-83)72(40-54(73)46-84)85-66-25-13-10-21-61(66)74-58(22-14-26-68(74)85)50-28-27-49-33-37-71-77(62(49)39-50)76-57-18-7-5-16-48(57)32-36-70(76)88(71)79-52(44-82)30-29-51(43-81)78(79)87-64-23-11-8-19-59(64)60-20-9-12-24-65(60)87/h4-42H,1-3H3. The quantitative estimate of drug-likeness (QED) is 0.171. The fourth-order valence-corrected chi connectivity index (χ4v) is 14.5. The second-order valence-corrected chi connectivity index (χ2v) is 24.0. The van der Waals surface area contributed by atoms with Crippen LogP contribution in [0.3, 0.4) is 0 Å². The van der Waals surface area contributed by atoms with Crippen LogP contribution in [0.15, 0.2) is 237 Å². The van der Waals surface area contributed by atoms with E-state index in [4.69, 9.17) is 0 Å². The lowest BCUT2D eigenvalue weighted by molar-refractivity contribution is 0.591. The second-order valence-electron chi connectivity index (χ2n) is 24.0. The zero-order valence-electron chi connectivity index (χ0n) is 48.1. The number of hydrogen-bond donors (Lipinski definition) is 0. The van der Waals surface area contributed by atoms with Crippen LogP contribution in [-0.2, 0) is 5.41 Å². The highest BCUT2D eigenvalue weighted by Crippen LogP contribution is 2.48. The number of fused-ring (bicyclic) bond motifs is 18. The van der Waals surface area contributed by atoms with Gasteiger partial charge in [0.15, 0.2) is 0 Å². The predicted molar refractivity (Wildman–Crippen MR) is 359 cm³/mol. The number of benzene rings is 13. The Balaban J connectivity index is 0.907. The first-order valence-electron chi connectivity index (χ1n) is 29.5. The van der Waals surface area contributed by atoms with Crippen molar-refractivity contribution in [3.63, 3.8) is 0 Å². The Bertz CT molecular complexity index is 6110. The Kier molecular flexibility index (Phi) is 10.7. The van der Waals surface area contributed by atoms with Gasteiger partial charge in [0.05, 0.1) is 89.1 Å². The van der Waals surface area contributed by atoms with E-state index in [1.165, 1.54) is 5.56 Å². The highest BCUT2D eigenvalue weighted by atomic mass is 15.1. The Morgan fingerprint density at radius 2 is 0.693 bits per heavy atom. The molecule has 4 heterocycles. The van der Waals surface area contributed by atoms with Gasteiger partial charge in [-0.1, -0.05) is 172 Å². The van der Waals surface area contributed by atoms with E-state index in [2.05, 4.69) is 245 Å². The average molecular weight is 1120 g/mol. The third kappa shape index (κ3) is 6.98. The van der Waals surface area contributed by atoms with E-state index in [-0.39, 0.29) is 5.41 Å². The van der Waals surface area contributed by atoms with E-state index in [0.717, 1.165) is 131 Å². The van der Waals surface area contributed by atoms with Crippen LogP contribution >= 0.6 is 0 Å². The lowest BCUT2D eigenvalue weighted by atomic mass is 9.86. The zero-order valence-corrected chi connectivity index (χ0v) is 48.1. The maximum Gasteiger partial charge on any atom is 0.101 e. The summed E-state index contributed by atoms with van der Waals surface area (Å²) < 4.78 is 8.71. The van der Waals surface area contributed by atoms with Crippen LogP contribution in [0.5, 0.6) is 0 Å². The molecule has 88 heavy (non-hydrogen) atoms. The molecule has 0 amide bonds. The molecular formula is C80H48N8. The molecule has 0 atom stereocenters. The number of hydrogen-bond acceptors (Lipinski definition) is 4. The average Bonchev–Trinajstić information content (AvgIpc) is 1.95. The van der Waals surface area contributed by atoms with Crippen LogP contribution in [0.2, 0.25) is 0 Å². The van der Waals surface area contributed by atoms with Crippen LogP contribution in [0.4, 0.5) is 0 Å². The molecular weight excluding hydrogens is 1070 g/mol. The molecule has 13 aromatic carbocycles. The third-order valence-electron chi connectivity index (χ3n) is 18.4. The summed E-state index contributed by atoms with van der Waals surface area (Å²) >= 11 is 0. The summed E-state index contributed by atoms with van der Waals surface area (Å²) in [5.41, 5.74) is 14.8. The van der Waals surface area contributed by atoms with Gasteiger partial charge < -0.3 is 18.3 Å². The molecule has 8 heteroatoms. The molecule has 0 aliphatic rings. The van der Waals surface area contributed by atoms with Crippen molar-refractivity contribution in [2.75, 3.05) is 0 Å². The molecule has 0 bridgehead atoms. The van der Waals surface area contributed by atoms with Gasteiger partial charge in [0.1, 0.15) is 24.3 Å². The minimum atomic E-state index is -0.0978. The summed E-state index contributed by atoms with van der Waals surface area (Å²) in [6.07, 6.45) is 0. The molecule has 0 fully saturated rings. The Hall–Kier alpha value is -12.2. The largest absolute Gasteiger partial charge is 0.308 e. The van der Waals surface area contributed by atoms with Gasteiger partial charge in [-0.15, -0.1) is 0 Å². The fourth-order valence-electron chi connectivity index (χ4n) is 14.5. The van der Waals surface area contributed by atoms with Crippen LogP contribution in [-0.4, -0.2) is 18.3 Å². The normalized spacial score (nSPS) is 12.0. The van der Waals surface area contributed by atoms with Crippen LogP contribution < -0.4 is 0 Å². The maximum atomic E-state index is 11.4. The van der Waals surface area contributed by atoms with Crippen molar-refractivity contribution >= 4 is 120 Å². The van der Waals surface area contributed by atoms with E-state index in [1.54, 1.807) is 12.1 Å². The SMILES string of the molecule is CC(C)(C)c1ccc2c(c1)c1c3ccccc3ccc1n2-c1cc(C#N)c(-n2c3ccccc3c3c(-c4ccc5ccc6c(c5c4)c4c5ccccc5ccc4n6-c4c(C#N)ccc(C#N)c4-n4c5ccccc5c5ccccc54)cccc32)cc1C#N. The van der Waals surface area contributed by atoms with Crippen molar-refractivity contribution in [3.05, 3.63) is 264 Å². The third-order valence-corrected chi connectivity index (χ3v) is 18.4. The summed E-state index contributed by atoms with van der Waals surface area (Å²) in [6, 6.07) is 92.1. The van der Waals surface area contributed by atoms with Gasteiger partial charge in [-0.25, -0.2) is 0 Å². The van der Waals surface area contributed by atoms with E-state index >= 15 is 0 Å². The van der Waals surface area contributed by atoms with Gasteiger partial charge in [0, 0.05) is 43.1 Å². The molecule has 0 unspecified atom stereocenters. The van der Waals surface area contributed by atoms with Crippen molar-refractivity contribution in [1.82, 2.24) is 18.3 Å². The summed E-state index contributed by atoms with van der Waals surface area (Å²) in [7, 11) is 0. The lowest BCUT2D eigenvalue weighted by Crippen LogP contribution is -2.10. The molecule has 0 N–H and O–H groups in total. The van der Waals surface area contributed by atoms with Gasteiger partial charge in [-0.2, -0.15) is 21.0 Å². The molecule has 0 spiro atoms. The van der Waals surface area contributed by atoms with Crippen molar-refractivity contribution in [3.8, 4) is 58.2 Å². The number of nitriles is 4. The van der Waals surface area contributed by atoms with Gasteiger partial charge in [0.2, 0.25) is 0 Å². The highest BCUT2D eigenvalue weighted by Gasteiger charge is 2.28. The van der Waals surface area contributed by atoms with Crippen molar-refractivity contribution < 1.29 is 0 Å². The Morgan fingerprint density at radius 3 is 1.25 bits per heavy atom. The Morgan fingerprint density at radius 1 is 0.284 bits per heavy atom. The fraction of sp³-hybridized carbons (Fsp3) is 0.0500. The smallest absolute Gasteiger partial charge is 0.101 e. The lowest BCUT2D eigenvalue weighted by Gasteiger charge is -2.19. The molecule has 8 nitrogen and oxygen atoms in total. The minimum absolute atomic E-state index is 0.0978. The van der Waals surface area contributed by atoms with Crippen molar-refractivity contribution in [2.45, 2.75) is 26.2 Å². The molecule has 0 saturated heterocycles. The molecule has 408 valence electrons. The van der Waals surface area contributed by atoms with Gasteiger partial charge in [-0.05, 0) is 139 Å². The Labute approximate surface area is 504 Å². The first-order chi connectivity index (χ1) is 43.1. The second kappa shape index (κ2) is 18.6. The summed E-state index contributed by atoms with van der Waals surface area (Å²) in [6.45, 7) is 6.68. The van der Waals surface area contributed by atoms with Gasteiger partial charge in [0.25, 0.3) is 0 Å².